The Morgan fingerprint density at radius 2 is 1.45 bits per heavy atom. The fourth-order valence-corrected chi connectivity index (χ4v) is 2.29. The number of unbranched alkanes of at least 4 members (excludes halogenated alkanes) is 3. The van der Waals surface area contributed by atoms with Gasteiger partial charge < -0.3 is 9.79 Å². The van der Waals surface area contributed by atoms with Crippen molar-refractivity contribution in [2.45, 2.75) is 64.7 Å². The van der Waals surface area contributed by atoms with Crippen LogP contribution in [0.3, 0.4) is 0 Å². The summed E-state index contributed by atoms with van der Waals surface area (Å²) in [6.07, 6.45) is 9.52. The first-order valence-electron chi connectivity index (χ1n) is 7.58. The second kappa shape index (κ2) is 13.4. The zero-order chi connectivity index (χ0) is 15.2. The van der Waals surface area contributed by atoms with Gasteiger partial charge in [-0.15, -0.1) is 0 Å². The maximum Gasteiger partial charge on any atom is 0.314 e. The molecule has 0 heterocycles. The van der Waals surface area contributed by atoms with E-state index in [1.54, 1.807) is 5.56 Å². The van der Waals surface area contributed by atoms with Gasteiger partial charge in [-0.2, -0.15) is 0 Å². The summed E-state index contributed by atoms with van der Waals surface area (Å²) in [5.74, 6) is 0.799. The molecule has 116 valence electrons. The highest BCUT2D eigenvalue weighted by Gasteiger charge is 2.09. The number of hydrogen-bond acceptors (Lipinski definition) is 1. The predicted octanol–water partition coefficient (Wildman–Crippen LogP) is 4.90. The van der Waals surface area contributed by atoms with Crippen molar-refractivity contribution in [3.63, 3.8) is 0 Å². The Morgan fingerprint density at radius 1 is 0.950 bits per heavy atom. The second-order valence-electron chi connectivity index (χ2n) is 5.03. The molecule has 2 N–H and O–H groups in total. The molecule has 0 bridgehead atoms. The lowest BCUT2D eigenvalue weighted by Crippen LogP contribution is -1.99. The molecule has 20 heavy (non-hydrogen) atoms. The number of hydrogen-bond donors (Lipinski definition) is 2. The first kappa shape index (κ1) is 19.4. The van der Waals surface area contributed by atoms with Crippen molar-refractivity contribution in [1.82, 2.24) is 0 Å². The van der Waals surface area contributed by atoms with Gasteiger partial charge in [0.25, 0.3) is 0 Å². The van der Waals surface area contributed by atoms with E-state index < -0.39 is 8.25 Å². The molecule has 1 atom stereocenters. The van der Waals surface area contributed by atoms with Crippen LogP contribution in [0.2, 0.25) is 0 Å². The summed E-state index contributed by atoms with van der Waals surface area (Å²) in [5.41, 5.74) is 1.55. The van der Waals surface area contributed by atoms with E-state index in [-0.39, 0.29) is 0 Å². The molecule has 3 nitrogen and oxygen atoms in total. The van der Waals surface area contributed by atoms with Crippen LogP contribution in [-0.4, -0.2) is 9.79 Å². The molecule has 0 aliphatic rings. The quantitative estimate of drug-likeness (QED) is 0.530. The number of benzene rings is 1. The lowest BCUT2D eigenvalue weighted by atomic mass is 9.89. The molecule has 0 spiro atoms. The average molecular weight is 300 g/mol. The Kier molecular flexibility index (Phi) is 12.9. The van der Waals surface area contributed by atoms with Crippen LogP contribution in [0.1, 0.15) is 70.3 Å². The molecule has 0 amide bonds. The van der Waals surface area contributed by atoms with E-state index >= 15 is 0 Å². The standard InChI is InChI=1S/C16H26.H3O3P/c1-3-5-8-12-15(11-6-4-2)16-13-9-7-10-14-16;1-4(2)3/h7,9-10,13-15H,3-6,8,11-12H2,1-2H3;4H,(H2,1,2,3). The van der Waals surface area contributed by atoms with E-state index in [1.165, 1.54) is 44.9 Å². The molecule has 0 aliphatic heterocycles. The van der Waals surface area contributed by atoms with Crippen LogP contribution in [0, 0.1) is 0 Å². The molecular weight excluding hydrogens is 271 g/mol. The predicted molar refractivity (Wildman–Crippen MR) is 86.3 cm³/mol. The first-order valence-corrected chi connectivity index (χ1v) is 8.88. The molecule has 0 saturated heterocycles. The summed E-state index contributed by atoms with van der Waals surface area (Å²) in [6.45, 7) is 4.57. The highest BCUT2D eigenvalue weighted by molar-refractivity contribution is 7.30. The maximum absolute atomic E-state index is 8.74. The van der Waals surface area contributed by atoms with Crippen LogP contribution < -0.4 is 0 Å². The topological polar surface area (TPSA) is 57.5 Å². The van der Waals surface area contributed by atoms with E-state index in [2.05, 4.69) is 44.2 Å². The summed E-state index contributed by atoms with van der Waals surface area (Å²) >= 11 is 0. The second-order valence-corrected chi connectivity index (χ2v) is 5.59. The van der Waals surface area contributed by atoms with Crippen molar-refractivity contribution in [2.75, 3.05) is 0 Å². The van der Waals surface area contributed by atoms with Crippen LogP contribution in [0.5, 0.6) is 0 Å². The molecule has 1 aromatic carbocycles. The van der Waals surface area contributed by atoms with Gasteiger partial charge in [0.05, 0.1) is 0 Å². The van der Waals surface area contributed by atoms with Crippen molar-refractivity contribution in [3.8, 4) is 0 Å². The van der Waals surface area contributed by atoms with E-state index in [4.69, 9.17) is 14.4 Å². The van der Waals surface area contributed by atoms with Gasteiger partial charge in [-0.25, -0.2) is 0 Å². The van der Waals surface area contributed by atoms with E-state index in [9.17, 15) is 0 Å². The van der Waals surface area contributed by atoms with Gasteiger partial charge in [0, 0.05) is 0 Å². The Morgan fingerprint density at radius 3 is 1.95 bits per heavy atom. The third-order valence-electron chi connectivity index (χ3n) is 3.33. The Labute approximate surface area is 124 Å². The third-order valence-corrected chi connectivity index (χ3v) is 3.33. The lowest BCUT2D eigenvalue weighted by Gasteiger charge is -2.16. The summed E-state index contributed by atoms with van der Waals surface area (Å²) in [6, 6.07) is 11.1. The summed E-state index contributed by atoms with van der Waals surface area (Å²) in [7, 11) is -3.13. The van der Waals surface area contributed by atoms with Crippen LogP contribution in [0.25, 0.3) is 0 Å². The molecule has 0 radical (unpaired) electrons. The minimum absolute atomic E-state index is 0.799. The van der Waals surface area contributed by atoms with Crippen molar-refractivity contribution < 1.29 is 14.4 Å². The molecule has 1 unspecified atom stereocenters. The van der Waals surface area contributed by atoms with Gasteiger partial charge in [0.2, 0.25) is 0 Å². The van der Waals surface area contributed by atoms with Gasteiger partial charge in [0.15, 0.2) is 0 Å². The van der Waals surface area contributed by atoms with Crippen molar-refractivity contribution >= 4 is 8.25 Å². The van der Waals surface area contributed by atoms with Crippen molar-refractivity contribution in [2.24, 2.45) is 0 Å². The van der Waals surface area contributed by atoms with Gasteiger partial charge >= 0.3 is 8.25 Å². The zero-order valence-electron chi connectivity index (χ0n) is 12.7. The van der Waals surface area contributed by atoms with Gasteiger partial charge in [0.1, 0.15) is 0 Å². The van der Waals surface area contributed by atoms with Gasteiger partial charge in [-0.3, -0.25) is 4.57 Å². The van der Waals surface area contributed by atoms with E-state index in [1.807, 2.05) is 0 Å². The van der Waals surface area contributed by atoms with Crippen molar-refractivity contribution in [1.29, 1.82) is 0 Å². The fourth-order valence-electron chi connectivity index (χ4n) is 2.29. The summed E-state index contributed by atoms with van der Waals surface area (Å²) in [4.78, 5) is 14.3. The van der Waals surface area contributed by atoms with Crippen LogP contribution in [0.4, 0.5) is 0 Å². The smallest absolute Gasteiger partial charge is 0.314 e. The molecule has 1 aromatic rings. The van der Waals surface area contributed by atoms with E-state index in [0.29, 0.717) is 0 Å². The highest BCUT2D eigenvalue weighted by Crippen LogP contribution is 2.27. The molecule has 0 fully saturated rings. The zero-order valence-corrected chi connectivity index (χ0v) is 13.7. The van der Waals surface area contributed by atoms with Gasteiger partial charge in [-0.05, 0) is 24.3 Å². The number of rotatable bonds is 8. The van der Waals surface area contributed by atoms with Crippen LogP contribution in [0.15, 0.2) is 30.3 Å². The minimum atomic E-state index is -3.13. The Bertz CT molecular complexity index is 337. The van der Waals surface area contributed by atoms with Crippen molar-refractivity contribution in [3.05, 3.63) is 35.9 Å². The normalized spacial score (nSPS) is 11.8. The van der Waals surface area contributed by atoms with Gasteiger partial charge in [-0.1, -0.05) is 76.3 Å². The Hall–Kier alpha value is -0.630. The van der Waals surface area contributed by atoms with Crippen LogP contribution >= 0.6 is 8.25 Å². The molecule has 1 rings (SSSR count). The monoisotopic (exact) mass is 300 g/mol. The molecule has 0 aliphatic carbocycles. The molecule has 4 heteroatoms. The summed E-state index contributed by atoms with van der Waals surface area (Å²) in [5, 5.41) is 0. The minimum Gasteiger partial charge on any atom is -0.326 e. The Balaban J connectivity index is 0.000000796. The first-order chi connectivity index (χ1) is 9.61. The maximum atomic E-state index is 8.74. The molecular formula is C16H29O3P. The molecule has 0 saturated carbocycles. The largest absolute Gasteiger partial charge is 0.326 e. The molecule has 0 aromatic heterocycles. The lowest BCUT2D eigenvalue weighted by molar-refractivity contribution is 0.405. The average Bonchev–Trinajstić information content (AvgIpc) is 2.43. The SMILES string of the molecule is CCCCCC(CCCC)c1ccccc1.O=[PH](O)O. The van der Waals surface area contributed by atoms with Crippen LogP contribution in [-0.2, 0) is 4.57 Å². The highest BCUT2D eigenvalue weighted by atomic mass is 31.1. The fraction of sp³-hybridized carbons (Fsp3) is 0.625. The summed E-state index contributed by atoms with van der Waals surface area (Å²) < 4.78 is 8.74. The third kappa shape index (κ3) is 11.2. The van der Waals surface area contributed by atoms with E-state index in [0.717, 1.165) is 5.92 Å².